The van der Waals surface area contributed by atoms with E-state index in [1.807, 2.05) is 4.90 Å². The number of nitrogens with two attached hydrogens (primary N) is 3. The van der Waals surface area contributed by atoms with Gasteiger partial charge in [0.15, 0.2) is 0 Å². The van der Waals surface area contributed by atoms with Gasteiger partial charge in [-0.3, -0.25) is 4.79 Å². The summed E-state index contributed by atoms with van der Waals surface area (Å²) in [6.45, 7) is 1.33. The van der Waals surface area contributed by atoms with E-state index in [0.717, 1.165) is 33.0 Å². The van der Waals surface area contributed by atoms with E-state index in [9.17, 15) is 10.0 Å². The van der Waals surface area contributed by atoms with Gasteiger partial charge in [0.2, 0.25) is 5.91 Å². The molecule has 23 heavy (non-hydrogen) atoms. The zero-order valence-corrected chi connectivity index (χ0v) is 15.3. The first-order valence-corrected chi connectivity index (χ1v) is 7.52. The lowest BCUT2D eigenvalue weighted by atomic mass is 10.0. The van der Waals surface area contributed by atoms with Crippen molar-refractivity contribution in [3.8, 4) is 0 Å². The lowest BCUT2D eigenvalue weighted by Gasteiger charge is -2.36. The predicted molar refractivity (Wildman–Crippen MR) is 94.1 cm³/mol. The Balaban J connectivity index is 0. The number of quaternary nitrogens is 1. The van der Waals surface area contributed by atoms with Gasteiger partial charge in [-0.15, -0.1) is 24.8 Å². The summed E-state index contributed by atoms with van der Waals surface area (Å²) in [7, 11) is 1.08. The molecule has 0 spiro atoms. The van der Waals surface area contributed by atoms with Crippen molar-refractivity contribution >= 4 is 30.7 Å². The van der Waals surface area contributed by atoms with Gasteiger partial charge in [0, 0.05) is 13.1 Å². The fourth-order valence-electron chi connectivity index (χ4n) is 2.74. The molecule has 0 aromatic heterocycles. The van der Waals surface area contributed by atoms with Gasteiger partial charge in [-0.2, -0.15) is 0 Å². The van der Waals surface area contributed by atoms with Crippen LogP contribution in [0.2, 0.25) is 0 Å². The smallest absolute Gasteiger partial charge is 0.239 e. The number of nitrogens with zero attached hydrogens (tertiary/aromatic N) is 2. The number of hydroxylamine groups is 4. The highest BCUT2D eigenvalue weighted by Crippen LogP contribution is 2.14. The Morgan fingerprint density at radius 2 is 1.83 bits per heavy atom. The fraction of sp³-hybridized carbons (Fsp3) is 0.923. The Bertz CT molecular complexity index is 347. The first-order chi connectivity index (χ1) is 9.61. The molecule has 1 aliphatic heterocycles. The number of likely N-dealkylation sites (tertiary alicyclic amines) is 1. The molecule has 7 N–H and O–H groups in total. The Hall–Kier alpha value is -0.190. The molecule has 1 rings (SSSR count). The van der Waals surface area contributed by atoms with Crippen LogP contribution < -0.4 is 17.2 Å². The summed E-state index contributed by atoms with van der Waals surface area (Å²) >= 11 is 0. The standard InChI is InChI=1S/C13H29N5O3.2ClH/c1-18(20,21)10-13(15,16)7-3-2-6-11(14)12(19)17-8-4-5-9-17;;/h11,20H,2-10,14-16H2,1H3;2*1H/t11-;;/m0../s1. The van der Waals surface area contributed by atoms with Crippen LogP contribution in [-0.2, 0) is 4.79 Å². The first-order valence-electron chi connectivity index (χ1n) is 7.52. The normalized spacial score (nSPS) is 18.6. The maximum atomic E-state index is 12.0. The number of amides is 1. The van der Waals surface area contributed by atoms with Gasteiger partial charge >= 0.3 is 0 Å². The molecule has 10 heteroatoms. The third-order valence-corrected chi connectivity index (χ3v) is 3.73. The highest BCUT2D eigenvalue weighted by Gasteiger charge is 2.27. The summed E-state index contributed by atoms with van der Waals surface area (Å²) in [5.41, 5.74) is 16.2. The summed E-state index contributed by atoms with van der Waals surface area (Å²) in [5.74, 6) is 0.0124. The zero-order valence-electron chi connectivity index (χ0n) is 13.6. The average Bonchev–Trinajstić information content (AvgIpc) is 2.84. The van der Waals surface area contributed by atoms with Gasteiger partial charge in [-0.05, 0) is 32.1 Å². The summed E-state index contributed by atoms with van der Waals surface area (Å²) < 4.78 is 0. The van der Waals surface area contributed by atoms with E-state index in [0.29, 0.717) is 25.7 Å². The van der Waals surface area contributed by atoms with Crippen molar-refractivity contribution in [3.05, 3.63) is 5.21 Å². The maximum absolute atomic E-state index is 12.0. The predicted octanol–water partition coefficient (Wildman–Crippen LogP) is 0.287. The molecule has 0 bridgehead atoms. The number of rotatable bonds is 8. The summed E-state index contributed by atoms with van der Waals surface area (Å²) in [6.07, 6.45) is 4.45. The lowest BCUT2D eigenvalue weighted by Crippen LogP contribution is -2.60. The van der Waals surface area contributed by atoms with Crippen LogP contribution in [0.1, 0.15) is 38.5 Å². The van der Waals surface area contributed by atoms with Gasteiger partial charge in [-0.25, -0.2) is 10.0 Å². The molecule has 0 aromatic rings. The molecule has 1 unspecified atom stereocenters. The van der Waals surface area contributed by atoms with E-state index in [1.54, 1.807) is 0 Å². The van der Waals surface area contributed by atoms with Gasteiger partial charge in [0.25, 0.3) is 0 Å². The molecule has 0 saturated carbocycles. The van der Waals surface area contributed by atoms with E-state index < -0.39 is 16.5 Å². The molecule has 0 radical (unpaired) electrons. The van der Waals surface area contributed by atoms with E-state index in [-0.39, 0.29) is 37.3 Å². The van der Waals surface area contributed by atoms with Crippen LogP contribution in [0.15, 0.2) is 0 Å². The maximum Gasteiger partial charge on any atom is 0.239 e. The first kappa shape index (κ1) is 25.1. The number of unbranched alkanes of at least 4 members (excludes halogenated alkanes) is 1. The largest absolute Gasteiger partial charge is 0.599 e. The number of halogens is 2. The minimum absolute atomic E-state index is 0. The molecule has 1 heterocycles. The van der Waals surface area contributed by atoms with Gasteiger partial charge in [0.1, 0.15) is 12.2 Å². The number of carbonyl (C=O) groups is 1. The van der Waals surface area contributed by atoms with Crippen LogP contribution in [-0.4, -0.2) is 59.2 Å². The molecule has 140 valence electrons. The number of carbonyl (C=O) groups excluding carboxylic acids is 1. The number of hydrogen-bond acceptors (Lipinski definition) is 6. The molecule has 1 fully saturated rings. The summed E-state index contributed by atoms with van der Waals surface area (Å²) in [4.78, 5) is 12.3. The van der Waals surface area contributed by atoms with Crippen LogP contribution in [0, 0.1) is 5.21 Å². The summed E-state index contributed by atoms with van der Waals surface area (Å²) in [6, 6.07) is -0.480. The van der Waals surface area contributed by atoms with Crippen molar-refractivity contribution in [2.45, 2.75) is 50.2 Å². The molecule has 2 atom stereocenters. The van der Waals surface area contributed by atoms with Crippen LogP contribution in [0.5, 0.6) is 0 Å². The van der Waals surface area contributed by atoms with Crippen molar-refractivity contribution in [1.29, 1.82) is 0 Å². The molecular formula is C13H31Cl2N5O3. The molecule has 0 aromatic carbocycles. The molecule has 1 amide bonds. The van der Waals surface area contributed by atoms with Gasteiger partial charge < -0.3 is 27.3 Å². The Kier molecular flexibility index (Phi) is 11.6. The molecule has 8 nitrogen and oxygen atoms in total. The van der Waals surface area contributed by atoms with E-state index in [1.165, 1.54) is 0 Å². The van der Waals surface area contributed by atoms with E-state index in [2.05, 4.69) is 0 Å². The summed E-state index contributed by atoms with van der Waals surface area (Å²) in [5, 5.41) is 20.3. The third kappa shape index (κ3) is 10.3. The number of hydrogen-bond donors (Lipinski definition) is 4. The number of likely N-dealkylation sites (N-methyl/N-ethyl adjacent to an activating group) is 1. The van der Waals surface area contributed by atoms with Gasteiger partial charge in [0.05, 0.1) is 13.1 Å². The SMILES string of the molecule is C[N+]([O-])(O)CC(N)(N)CCCC[C@H](N)C(=O)N1CCCC1.Cl.Cl. The minimum Gasteiger partial charge on any atom is -0.599 e. The topological polar surface area (TPSA) is 142 Å². The van der Waals surface area contributed by atoms with E-state index in [4.69, 9.17) is 22.4 Å². The van der Waals surface area contributed by atoms with Crippen LogP contribution in [0.4, 0.5) is 0 Å². The lowest BCUT2D eigenvalue weighted by molar-refractivity contribution is -1.05. The second kappa shape index (κ2) is 10.6. The zero-order chi connectivity index (χ0) is 16.1. The van der Waals surface area contributed by atoms with Crippen molar-refractivity contribution in [2.24, 2.45) is 17.2 Å². The van der Waals surface area contributed by atoms with Gasteiger partial charge in [-0.1, -0.05) is 6.42 Å². The molecule has 0 aliphatic carbocycles. The minimum atomic E-state index is -1.50. The molecule has 1 aliphatic rings. The van der Waals surface area contributed by atoms with Crippen molar-refractivity contribution < 1.29 is 14.8 Å². The fourth-order valence-corrected chi connectivity index (χ4v) is 2.74. The molecular weight excluding hydrogens is 345 g/mol. The second-order valence-electron chi connectivity index (χ2n) is 6.33. The van der Waals surface area contributed by atoms with Crippen LogP contribution >= 0.6 is 24.8 Å². The Morgan fingerprint density at radius 1 is 1.30 bits per heavy atom. The van der Waals surface area contributed by atoms with Crippen molar-refractivity contribution in [1.82, 2.24) is 4.90 Å². The molecule has 1 saturated heterocycles. The Labute approximate surface area is 150 Å². The average molecular weight is 376 g/mol. The quantitative estimate of drug-likeness (QED) is 0.208. The van der Waals surface area contributed by atoms with Crippen LogP contribution in [0.25, 0.3) is 0 Å². The second-order valence-corrected chi connectivity index (χ2v) is 6.33. The third-order valence-electron chi connectivity index (χ3n) is 3.73. The van der Waals surface area contributed by atoms with Crippen molar-refractivity contribution in [3.63, 3.8) is 0 Å². The monoisotopic (exact) mass is 375 g/mol. The highest BCUT2D eigenvalue weighted by molar-refractivity contribution is 5.85. The van der Waals surface area contributed by atoms with Crippen LogP contribution in [0.3, 0.4) is 0 Å². The van der Waals surface area contributed by atoms with Crippen molar-refractivity contribution in [2.75, 3.05) is 26.7 Å². The van der Waals surface area contributed by atoms with E-state index >= 15 is 0 Å². The Morgan fingerprint density at radius 3 is 2.30 bits per heavy atom. The highest BCUT2D eigenvalue weighted by atomic mass is 35.5.